The number of carbonyl (C=O) groups is 1. The first-order chi connectivity index (χ1) is 10.7. The molecule has 0 aliphatic carbocycles. The summed E-state index contributed by atoms with van der Waals surface area (Å²) >= 11 is 0. The highest BCUT2D eigenvalue weighted by Crippen LogP contribution is 2.04. The number of aliphatic imine (C=N–C) groups is 1. The lowest BCUT2D eigenvalue weighted by molar-refractivity contribution is 0.0914. The second kappa shape index (κ2) is 9.53. The van der Waals surface area contributed by atoms with Gasteiger partial charge in [0.15, 0.2) is 11.8 Å². The number of ether oxygens (including phenoxy) is 1. The third-order valence-corrected chi connectivity index (χ3v) is 3.53. The minimum Gasteiger partial charge on any atom is -0.450 e. The highest BCUT2D eigenvalue weighted by molar-refractivity contribution is 14.0. The van der Waals surface area contributed by atoms with Crippen molar-refractivity contribution in [3.05, 3.63) is 12.2 Å². The van der Waals surface area contributed by atoms with Crippen LogP contribution in [0.2, 0.25) is 0 Å². The van der Waals surface area contributed by atoms with Crippen molar-refractivity contribution < 1.29 is 9.53 Å². The minimum atomic E-state index is -0.246. The van der Waals surface area contributed by atoms with Gasteiger partial charge in [-0.25, -0.2) is 4.79 Å². The van der Waals surface area contributed by atoms with Crippen LogP contribution in [0.15, 0.2) is 11.3 Å². The van der Waals surface area contributed by atoms with Crippen LogP contribution in [-0.2, 0) is 18.3 Å². The van der Waals surface area contributed by atoms with E-state index in [9.17, 15) is 4.79 Å². The Bertz CT molecular complexity index is 526. The van der Waals surface area contributed by atoms with Gasteiger partial charge in [0.25, 0.3) is 0 Å². The predicted molar refractivity (Wildman–Crippen MR) is 96.8 cm³/mol. The Labute approximate surface area is 153 Å². The average molecular weight is 437 g/mol. The zero-order valence-corrected chi connectivity index (χ0v) is 16.1. The maximum Gasteiger partial charge on any atom is 0.409 e. The molecule has 2 heterocycles. The standard InChI is InChI=1S/C13H23N7O2.HI/c1-4-22-13(21)20-7-5-19(6-8-20)12(14-2)15-9-11-17-16-10-18(11)3;/h10H,4-9H2,1-3H3,(H,14,15);1H. The van der Waals surface area contributed by atoms with Gasteiger partial charge >= 0.3 is 6.09 Å². The first-order valence-electron chi connectivity index (χ1n) is 7.35. The molecule has 0 atom stereocenters. The lowest BCUT2D eigenvalue weighted by Gasteiger charge is -2.35. The van der Waals surface area contributed by atoms with E-state index in [0.717, 1.165) is 24.9 Å². The minimum absolute atomic E-state index is 0. The van der Waals surface area contributed by atoms with Crippen molar-refractivity contribution in [3.63, 3.8) is 0 Å². The highest BCUT2D eigenvalue weighted by atomic mass is 127. The van der Waals surface area contributed by atoms with Gasteiger partial charge in [-0.05, 0) is 6.92 Å². The largest absolute Gasteiger partial charge is 0.450 e. The van der Waals surface area contributed by atoms with Crippen LogP contribution in [0.25, 0.3) is 0 Å². The van der Waals surface area contributed by atoms with E-state index in [4.69, 9.17) is 4.74 Å². The number of rotatable bonds is 3. The lowest BCUT2D eigenvalue weighted by Crippen LogP contribution is -2.53. The summed E-state index contributed by atoms with van der Waals surface area (Å²) in [4.78, 5) is 19.8. The molecule has 1 aliphatic rings. The van der Waals surface area contributed by atoms with E-state index >= 15 is 0 Å². The van der Waals surface area contributed by atoms with Crippen molar-refractivity contribution >= 4 is 36.0 Å². The molecule has 1 aliphatic heterocycles. The van der Waals surface area contributed by atoms with Crippen LogP contribution in [-0.4, -0.2) is 76.5 Å². The van der Waals surface area contributed by atoms with Gasteiger partial charge in [0, 0.05) is 40.3 Å². The fourth-order valence-corrected chi connectivity index (χ4v) is 2.27. The van der Waals surface area contributed by atoms with Crippen LogP contribution in [0, 0.1) is 0 Å². The Hall–Kier alpha value is -1.59. The zero-order valence-electron chi connectivity index (χ0n) is 13.7. The summed E-state index contributed by atoms with van der Waals surface area (Å²) in [6.07, 6.45) is 1.42. The molecular formula is C13H24IN7O2. The number of amides is 1. The number of piperazine rings is 1. The van der Waals surface area contributed by atoms with Crippen molar-refractivity contribution in [2.75, 3.05) is 39.8 Å². The van der Waals surface area contributed by atoms with Gasteiger partial charge in [-0.15, -0.1) is 34.2 Å². The summed E-state index contributed by atoms with van der Waals surface area (Å²) in [5.41, 5.74) is 0. The summed E-state index contributed by atoms with van der Waals surface area (Å²) in [7, 11) is 3.65. The first-order valence-corrected chi connectivity index (χ1v) is 7.35. The van der Waals surface area contributed by atoms with Gasteiger partial charge in [-0.2, -0.15) is 0 Å². The smallest absolute Gasteiger partial charge is 0.409 e. The predicted octanol–water partition coefficient (Wildman–Crippen LogP) is 0.283. The van der Waals surface area contributed by atoms with Crippen molar-refractivity contribution in [2.45, 2.75) is 13.5 Å². The van der Waals surface area contributed by atoms with E-state index in [0.29, 0.717) is 26.2 Å². The third-order valence-electron chi connectivity index (χ3n) is 3.53. The van der Waals surface area contributed by atoms with E-state index < -0.39 is 0 Å². The Morgan fingerprint density at radius 2 is 2.00 bits per heavy atom. The van der Waals surface area contributed by atoms with E-state index in [1.807, 2.05) is 18.5 Å². The molecule has 9 nitrogen and oxygen atoms in total. The maximum atomic E-state index is 11.7. The number of hydrogen-bond acceptors (Lipinski definition) is 5. The zero-order chi connectivity index (χ0) is 15.9. The molecule has 1 N–H and O–H groups in total. The van der Waals surface area contributed by atoms with Crippen LogP contribution < -0.4 is 5.32 Å². The first kappa shape index (κ1) is 19.5. The summed E-state index contributed by atoms with van der Waals surface area (Å²) in [5, 5.41) is 11.1. The molecule has 0 aromatic carbocycles. The van der Waals surface area contributed by atoms with Crippen LogP contribution >= 0.6 is 24.0 Å². The third kappa shape index (κ3) is 5.22. The van der Waals surface area contributed by atoms with Gasteiger partial charge in [-0.3, -0.25) is 4.99 Å². The van der Waals surface area contributed by atoms with Crippen molar-refractivity contribution in [1.82, 2.24) is 29.9 Å². The summed E-state index contributed by atoms with van der Waals surface area (Å²) in [6, 6.07) is 0. The highest BCUT2D eigenvalue weighted by Gasteiger charge is 2.23. The van der Waals surface area contributed by atoms with Gasteiger partial charge in [0.2, 0.25) is 0 Å². The molecule has 1 aromatic rings. The molecule has 23 heavy (non-hydrogen) atoms. The number of carbonyl (C=O) groups excluding carboxylic acids is 1. The molecule has 0 spiro atoms. The molecule has 0 bridgehead atoms. The average Bonchev–Trinajstić information content (AvgIpc) is 2.94. The van der Waals surface area contributed by atoms with Gasteiger partial charge in [0.05, 0.1) is 13.2 Å². The number of hydrogen-bond donors (Lipinski definition) is 1. The molecule has 1 fully saturated rings. The molecule has 0 saturated carbocycles. The Morgan fingerprint density at radius 3 is 2.52 bits per heavy atom. The fourth-order valence-electron chi connectivity index (χ4n) is 2.27. The molecule has 1 aromatic heterocycles. The van der Waals surface area contributed by atoms with Crippen molar-refractivity contribution in [3.8, 4) is 0 Å². The molecule has 1 saturated heterocycles. The van der Waals surface area contributed by atoms with Crippen LogP contribution in [0.1, 0.15) is 12.7 Å². The van der Waals surface area contributed by atoms with Gasteiger partial charge in [-0.1, -0.05) is 0 Å². The summed E-state index contributed by atoms with van der Waals surface area (Å²) in [6.45, 7) is 5.47. The topological polar surface area (TPSA) is 87.9 Å². The van der Waals surface area contributed by atoms with Crippen molar-refractivity contribution in [2.24, 2.45) is 12.0 Å². The number of halogens is 1. The van der Waals surface area contributed by atoms with Crippen LogP contribution in [0.4, 0.5) is 4.79 Å². The SMILES string of the molecule is CCOC(=O)N1CCN(C(=NC)NCc2nncn2C)CC1.I. The van der Waals surface area contributed by atoms with Gasteiger partial charge < -0.3 is 24.4 Å². The Morgan fingerprint density at radius 1 is 1.35 bits per heavy atom. The quantitative estimate of drug-likeness (QED) is 0.416. The van der Waals surface area contributed by atoms with Gasteiger partial charge in [0.1, 0.15) is 6.33 Å². The van der Waals surface area contributed by atoms with E-state index in [-0.39, 0.29) is 30.1 Å². The van der Waals surface area contributed by atoms with E-state index in [1.54, 1.807) is 18.3 Å². The van der Waals surface area contributed by atoms with Crippen LogP contribution in [0.5, 0.6) is 0 Å². The Balaban J connectivity index is 0.00000264. The maximum absolute atomic E-state index is 11.7. The van der Waals surface area contributed by atoms with E-state index in [1.165, 1.54) is 0 Å². The molecule has 0 unspecified atom stereocenters. The van der Waals surface area contributed by atoms with Crippen LogP contribution in [0.3, 0.4) is 0 Å². The number of guanidine groups is 1. The van der Waals surface area contributed by atoms with Crippen molar-refractivity contribution in [1.29, 1.82) is 0 Å². The Kier molecular flexibility index (Phi) is 8.06. The number of nitrogens with zero attached hydrogens (tertiary/aromatic N) is 6. The molecule has 1 amide bonds. The molecule has 10 heteroatoms. The fraction of sp³-hybridized carbons (Fsp3) is 0.692. The number of aromatic nitrogens is 3. The molecule has 0 radical (unpaired) electrons. The lowest BCUT2D eigenvalue weighted by atomic mass is 10.3. The number of nitrogens with one attached hydrogen (secondary N) is 1. The second-order valence-corrected chi connectivity index (χ2v) is 4.93. The molecule has 2 rings (SSSR count). The summed E-state index contributed by atoms with van der Waals surface area (Å²) in [5.74, 6) is 1.64. The second-order valence-electron chi connectivity index (χ2n) is 4.93. The molecule has 130 valence electrons. The van der Waals surface area contributed by atoms with E-state index in [2.05, 4.69) is 25.4 Å². The number of aryl methyl sites for hydroxylation is 1. The normalized spacial score (nSPS) is 15.2. The monoisotopic (exact) mass is 437 g/mol. The summed E-state index contributed by atoms with van der Waals surface area (Å²) < 4.78 is 6.88. The molecular weight excluding hydrogens is 413 g/mol.